The molecule has 1 aliphatic rings. The summed E-state index contributed by atoms with van der Waals surface area (Å²) in [7, 11) is -3.23. The average molecular weight is 480 g/mol. The smallest absolute Gasteiger partial charge is 0.338 e. The summed E-state index contributed by atoms with van der Waals surface area (Å²) < 4.78 is 28.6. The first-order valence-corrected chi connectivity index (χ1v) is 13.2. The summed E-state index contributed by atoms with van der Waals surface area (Å²) in [5.41, 5.74) is 4.56. The lowest BCUT2D eigenvalue weighted by molar-refractivity contribution is 0.0526. The second-order valence-electron chi connectivity index (χ2n) is 8.34. The van der Waals surface area contributed by atoms with Crippen LogP contribution in [0, 0.1) is 0 Å². The second-order valence-corrected chi connectivity index (χ2v) is 10.4. The predicted molar refractivity (Wildman–Crippen MR) is 133 cm³/mol. The van der Waals surface area contributed by atoms with E-state index in [2.05, 4.69) is 20.9 Å². The molecular weight excluding hydrogens is 450 g/mol. The molecule has 7 nitrogen and oxygen atoms in total. The maximum absolute atomic E-state index is 11.9. The van der Waals surface area contributed by atoms with Gasteiger partial charge < -0.3 is 9.64 Å². The maximum atomic E-state index is 11.9. The van der Waals surface area contributed by atoms with Gasteiger partial charge in [0.2, 0.25) is 0 Å². The molecule has 3 aromatic rings. The predicted octanol–water partition coefficient (Wildman–Crippen LogP) is 3.65. The first kappa shape index (κ1) is 23.9. The number of benzene rings is 2. The van der Waals surface area contributed by atoms with Gasteiger partial charge in [-0.1, -0.05) is 18.2 Å². The molecule has 4 rings (SSSR count). The third-order valence-corrected chi connectivity index (χ3v) is 7.09. The van der Waals surface area contributed by atoms with Gasteiger partial charge in [-0.15, -0.1) is 0 Å². The number of hydrogen-bond donors (Lipinski definition) is 0. The molecule has 1 aliphatic heterocycles. The van der Waals surface area contributed by atoms with Crippen LogP contribution >= 0.6 is 0 Å². The minimum absolute atomic E-state index is 0.294. The SMILES string of the molecule is CCOC(=O)c1ccc(N2CCN(Cc3cccnc3-c3ccc(S(C)(=O)=O)cc3)CC2)cc1. The molecule has 1 fully saturated rings. The molecule has 0 unspecified atom stereocenters. The molecule has 0 spiro atoms. The number of esters is 1. The lowest BCUT2D eigenvalue weighted by Crippen LogP contribution is -2.46. The molecule has 2 aromatic carbocycles. The fourth-order valence-electron chi connectivity index (χ4n) is 4.11. The van der Waals surface area contributed by atoms with Gasteiger partial charge in [0.15, 0.2) is 9.84 Å². The van der Waals surface area contributed by atoms with Crippen molar-refractivity contribution in [2.75, 3.05) is 43.9 Å². The van der Waals surface area contributed by atoms with E-state index < -0.39 is 9.84 Å². The highest BCUT2D eigenvalue weighted by molar-refractivity contribution is 7.90. The van der Waals surface area contributed by atoms with Crippen LogP contribution in [-0.2, 0) is 21.1 Å². The Balaban J connectivity index is 1.40. The van der Waals surface area contributed by atoms with Gasteiger partial charge >= 0.3 is 5.97 Å². The highest BCUT2D eigenvalue weighted by Crippen LogP contribution is 2.25. The van der Waals surface area contributed by atoms with Crippen molar-refractivity contribution >= 4 is 21.5 Å². The third-order valence-electron chi connectivity index (χ3n) is 5.96. The number of rotatable bonds is 7. The Hall–Kier alpha value is -3.23. The molecule has 0 bridgehead atoms. The Bertz CT molecular complexity index is 1230. The molecule has 34 heavy (non-hydrogen) atoms. The average Bonchev–Trinajstić information content (AvgIpc) is 2.85. The van der Waals surface area contributed by atoms with Crippen molar-refractivity contribution in [3.8, 4) is 11.3 Å². The molecule has 1 aromatic heterocycles. The summed E-state index contributed by atoms with van der Waals surface area (Å²) in [4.78, 5) is 21.5. The van der Waals surface area contributed by atoms with Gasteiger partial charge in [0.25, 0.3) is 0 Å². The van der Waals surface area contributed by atoms with E-state index in [4.69, 9.17) is 4.74 Å². The van der Waals surface area contributed by atoms with E-state index in [1.54, 1.807) is 25.3 Å². The standard InChI is InChI=1S/C26H29N3O4S/c1-3-33-26(30)21-6-10-23(11-7-21)29-17-15-28(16-18-29)19-22-5-4-14-27-25(22)20-8-12-24(13-9-20)34(2,31)32/h4-14H,3,15-19H2,1-2H3. The largest absolute Gasteiger partial charge is 0.462 e. The van der Waals surface area contributed by atoms with Crippen LogP contribution in [0.1, 0.15) is 22.8 Å². The van der Waals surface area contributed by atoms with E-state index >= 15 is 0 Å². The molecule has 0 aliphatic carbocycles. The van der Waals surface area contributed by atoms with Crippen molar-refractivity contribution in [3.05, 3.63) is 78.0 Å². The van der Waals surface area contributed by atoms with E-state index in [1.807, 2.05) is 42.5 Å². The Labute approximate surface area is 200 Å². The zero-order valence-corrected chi connectivity index (χ0v) is 20.3. The van der Waals surface area contributed by atoms with Gasteiger partial charge in [-0.2, -0.15) is 0 Å². The third kappa shape index (κ3) is 5.63. The Kier molecular flexibility index (Phi) is 7.29. The lowest BCUT2D eigenvalue weighted by atomic mass is 10.1. The highest BCUT2D eigenvalue weighted by Gasteiger charge is 2.19. The van der Waals surface area contributed by atoms with E-state index in [-0.39, 0.29) is 5.97 Å². The first-order valence-electron chi connectivity index (χ1n) is 11.3. The summed E-state index contributed by atoms with van der Waals surface area (Å²) >= 11 is 0. The number of carbonyl (C=O) groups is 1. The maximum Gasteiger partial charge on any atom is 0.338 e. The number of ether oxygens (including phenoxy) is 1. The van der Waals surface area contributed by atoms with E-state index in [0.717, 1.165) is 55.2 Å². The van der Waals surface area contributed by atoms with Crippen LogP contribution in [0.5, 0.6) is 0 Å². The van der Waals surface area contributed by atoms with Gasteiger partial charge in [0, 0.05) is 56.4 Å². The number of aromatic nitrogens is 1. The van der Waals surface area contributed by atoms with E-state index in [9.17, 15) is 13.2 Å². The van der Waals surface area contributed by atoms with Gasteiger partial charge in [-0.05, 0) is 55.0 Å². The van der Waals surface area contributed by atoms with Crippen molar-refractivity contribution < 1.29 is 17.9 Å². The van der Waals surface area contributed by atoms with Gasteiger partial charge in [0.05, 0.1) is 22.8 Å². The minimum atomic E-state index is -3.23. The second kappa shape index (κ2) is 10.4. The van der Waals surface area contributed by atoms with Gasteiger partial charge in [-0.25, -0.2) is 13.2 Å². The van der Waals surface area contributed by atoms with Crippen molar-refractivity contribution in [2.24, 2.45) is 0 Å². The van der Waals surface area contributed by atoms with E-state index in [0.29, 0.717) is 17.1 Å². The highest BCUT2D eigenvalue weighted by atomic mass is 32.2. The Morgan fingerprint density at radius 3 is 2.26 bits per heavy atom. The number of hydrogen-bond acceptors (Lipinski definition) is 7. The molecule has 1 saturated heterocycles. The molecule has 0 N–H and O–H groups in total. The summed E-state index contributed by atoms with van der Waals surface area (Å²) in [6, 6.07) is 18.5. The number of anilines is 1. The number of pyridine rings is 1. The topological polar surface area (TPSA) is 79.8 Å². The number of piperazine rings is 1. The zero-order valence-electron chi connectivity index (χ0n) is 19.5. The number of nitrogens with zero attached hydrogens (tertiary/aromatic N) is 3. The Morgan fingerprint density at radius 1 is 0.971 bits per heavy atom. The van der Waals surface area contributed by atoms with Crippen LogP contribution in [0.15, 0.2) is 71.8 Å². The molecule has 0 atom stereocenters. The minimum Gasteiger partial charge on any atom is -0.462 e. The number of carbonyl (C=O) groups excluding carboxylic acids is 1. The Morgan fingerprint density at radius 2 is 1.65 bits per heavy atom. The normalized spacial score (nSPS) is 14.7. The summed E-state index contributed by atoms with van der Waals surface area (Å²) in [6.07, 6.45) is 2.98. The molecule has 0 amide bonds. The van der Waals surface area contributed by atoms with Gasteiger partial charge in [-0.3, -0.25) is 9.88 Å². The van der Waals surface area contributed by atoms with Gasteiger partial charge in [0.1, 0.15) is 0 Å². The molecule has 8 heteroatoms. The lowest BCUT2D eigenvalue weighted by Gasteiger charge is -2.36. The molecule has 178 valence electrons. The van der Waals surface area contributed by atoms with Crippen LogP contribution in [-0.4, -0.2) is 63.3 Å². The van der Waals surface area contributed by atoms with Crippen molar-refractivity contribution in [1.82, 2.24) is 9.88 Å². The van der Waals surface area contributed by atoms with E-state index in [1.165, 1.54) is 6.26 Å². The number of sulfone groups is 1. The van der Waals surface area contributed by atoms with Crippen LogP contribution in [0.3, 0.4) is 0 Å². The van der Waals surface area contributed by atoms with Crippen LogP contribution in [0.2, 0.25) is 0 Å². The van der Waals surface area contributed by atoms with Crippen LogP contribution < -0.4 is 4.90 Å². The quantitative estimate of drug-likeness (QED) is 0.479. The molecular formula is C26H29N3O4S. The fourth-order valence-corrected chi connectivity index (χ4v) is 4.74. The van der Waals surface area contributed by atoms with Crippen molar-refractivity contribution in [1.29, 1.82) is 0 Å². The zero-order chi connectivity index (χ0) is 24.1. The molecule has 0 saturated carbocycles. The van der Waals surface area contributed by atoms with Crippen LogP contribution in [0.4, 0.5) is 5.69 Å². The fraction of sp³-hybridized carbons (Fsp3) is 0.308. The summed E-state index contributed by atoms with van der Waals surface area (Å²) in [5, 5.41) is 0. The van der Waals surface area contributed by atoms with Crippen LogP contribution in [0.25, 0.3) is 11.3 Å². The van der Waals surface area contributed by atoms with Crippen molar-refractivity contribution in [3.63, 3.8) is 0 Å². The monoisotopic (exact) mass is 479 g/mol. The first-order chi connectivity index (χ1) is 16.3. The summed E-state index contributed by atoms with van der Waals surface area (Å²) in [6.45, 7) is 6.52. The summed E-state index contributed by atoms with van der Waals surface area (Å²) in [5.74, 6) is -0.294. The molecule has 2 heterocycles. The van der Waals surface area contributed by atoms with Crippen molar-refractivity contribution in [2.45, 2.75) is 18.4 Å². The molecule has 0 radical (unpaired) electrons.